The Labute approximate surface area is 140 Å². The Morgan fingerprint density at radius 1 is 1.32 bits per heavy atom. The van der Waals surface area contributed by atoms with Crippen molar-refractivity contribution in [2.24, 2.45) is 12.0 Å². The second-order valence-electron chi connectivity index (χ2n) is 4.95. The van der Waals surface area contributed by atoms with E-state index in [0.717, 1.165) is 17.2 Å². The predicted molar refractivity (Wildman–Crippen MR) is 91.3 cm³/mol. The van der Waals surface area contributed by atoms with Crippen LogP contribution in [0.2, 0.25) is 10.0 Å². The SMILES string of the molecule is CN=C(NCc1ccnn1C)N(C)Cc1ccc(Cl)c(Cl)c1. The Bertz CT molecular complexity index is 666. The zero-order chi connectivity index (χ0) is 16.1. The molecule has 0 saturated heterocycles. The van der Waals surface area contributed by atoms with E-state index in [2.05, 4.69) is 15.4 Å². The second kappa shape index (κ2) is 7.51. The van der Waals surface area contributed by atoms with E-state index < -0.39 is 0 Å². The molecule has 0 bridgehead atoms. The minimum Gasteiger partial charge on any atom is -0.351 e. The van der Waals surface area contributed by atoms with Crippen LogP contribution in [0.1, 0.15) is 11.3 Å². The molecule has 0 spiro atoms. The molecule has 1 aromatic carbocycles. The van der Waals surface area contributed by atoms with Gasteiger partial charge in [-0.25, -0.2) is 0 Å². The standard InChI is InChI=1S/C15H19Cl2N5/c1-18-15(19-9-12-6-7-20-22(12)3)21(2)10-11-4-5-13(16)14(17)8-11/h4-8H,9-10H2,1-3H3,(H,18,19). The van der Waals surface area contributed by atoms with Crippen LogP contribution in [0, 0.1) is 0 Å². The van der Waals surface area contributed by atoms with E-state index >= 15 is 0 Å². The van der Waals surface area contributed by atoms with Gasteiger partial charge in [-0.15, -0.1) is 0 Å². The molecule has 0 fully saturated rings. The minimum atomic E-state index is 0.561. The van der Waals surface area contributed by atoms with E-state index in [9.17, 15) is 0 Å². The fourth-order valence-corrected chi connectivity index (χ4v) is 2.44. The van der Waals surface area contributed by atoms with Crippen molar-refractivity contribution >= 4 is 29.2 Å². The lowest BCUT2D eigenvalue weighted by atomic mass is 10.2. The third-order valence-corrected chi connectivity index (χ3v) is 4.07. The third kappa shape index (κ3) is 4.15. The number of benzene rings is 1. The van der Waals surface area contributed by atoms with Crippen LogP contribution in [0.5, 0.6) is 0 Å². The van der Waals surface area contributed by atoms with Crippen molar-refractivity contribution in [3.05, 3.63) is 51.8 Å². The minimum absolute atomic E-state index is 0.561. The first-order valence-corrected chi connectivity index (χ1v) is 7.59. The molecule has 2 aromatic rings. The van der Waals surface area contributed by atoms with Gasteiger partial charge in [0.15, 0.2) is 5.96 Å². The fraction of sp³-hybridized carbons (Fsp3) is 0.333. The van der Waals surface area contributed by atoms with Crippen LogP contribution in [-0.2, 0) is 20.1 Å². The zero-order valence-electron chi connectivity index (χ0n) is 12.8. The van der Waals surface area contributed by atoms with Gasteiger partial charge >= 0.3 is 0 Å². The maximum atomic E-state index is 6.05. The highest BCUT2D eigenvalue weighted by Gasteiger charge is 2.09. The smallest absolute Gasteiger partial charge is 0.194 e. The van der Waals surface area contributed by atoms with Crippen LogP contribution in [0.3, 0.4) is 0 Å². The monoisotopic (exact) mass is 339 g/mol. The van der Waals surface area contributed by atoms with Gasteiger partial charge in [0.2, 0.25) is 0 Å². The number of aromatic nitrogens is 2. The molecular formula is C15H19Cl2N5. The number of halogens is 2. The molecule has 0 radical (unpaired) electrons. The topological polar surface area (TPSA) is 45.5 Å². The van der Waals surface area contributed by atoms with E-state index in [1.807, 2.05) is 41.9 Å². The van der Waals surface area contributed by atoms with Crippen molar-refractivity contribution in [2.45, 2.75) is 13.1 Å². The molecule has 0 amide bonds. The van der Waals surface area contributed by atoms with Gasteiger partial charge < -0.3 is 10.2 Å². The molecule has 1 N–H and O–H groups in total. The molecular weight excluding hydrogens is 321 g/mol. The van der Waals surface area contributed by atoms with E-state index in [4.69, 9.17) is 23.2 Å². The molecule has 0 aliphatic rings. The summed E-state index contributed by atoms with van der Waals surface area (Å²) in [4.78, 5) is 6.32. The Morgan fingerprint density at radius 2 is 2.09 bits per heavy atom. The highest BCUT2D eigenvalue weighted by molar-refractivity contribution is 6.42. The first-order valence-electron chi connectivity index (χ1n) is 6.84. The normalized spacial score (nSPS) is 11.6. The van der Waals surface area contributed by atoms with Crippen molar-refractivity contribution in [1.82, 2.24) is 20.0 Å². The van der Waals surface area contributed by atoms with Crippen LogP contribution >= 0.6 is 23.2 Å². The van der Waals surface area contributed by atoms with Gasteiger partial charge in [0.05, 0.1) is 22.3 Å². The number of nitrogens with zero attached hydrogens (tertiary/aromatic N) is 4. The largest absolute Gasteiger partial charge is 0.351 e. The summed E-state index contributed by atoms with van der Waals surface area (Å²) in [7, 11) is 5.65. The third-order valence-electron chi connectivity index (χ3n) is 3.33. The lowest BCUT2D eigenvalue weighted by Gasteiger charge is -2.22. The van der Waals surface area contributed by atoms with Gasteiger partial charge in [-0.2, -0.15) is 5.10 Å². The van der Waals surface area contributed by atoms with Crippen molar-refractivity contribution < 1.29 is 0 Å². The fourth-order valence-electron chi connectivity index (χ4n) is 2.12. The second-order valence-corrected chi connectivity index (χ2v) is 5.77. The first-order chi connectivity index (χ1) is 10.5. The highest BCUT2D eigenvalue weighted by atomic mass is 35.5. The molecule has 118 valence electrons. The molecule has 0 unspecified atom stereocenters. The summed E-state index contributed by atoms with van der Waals surface area (Å²) in [6.45, 7) is 1.34. The Balaban J connectivity index is 1.98. The van der Waals surface area contributed by atoms with Crippen LogP contribution in [-0.4, -0.2) is 34.7 Å². The number of nitrogens with one attached hydrogen (secondary N) is 1. The Hall–Kier alpha value is -1.72. The summed E-state index contributed by atoms with van der Waals surface area (Å²) in [6.07, 6.45) is 1.78. The maximum absolute atomic E-state index is 6.05. The summed E-state index contributed by atoms with van der Waals surface area (Å²) in [5.74, 6) is 0.798. The van der Waals surface area contributed by atoms with Crippen molar-refractivity contribution in [3.8, 4) is 0 Å². The van der Waals surface area contributed by atoms with E-state index in [0.29, 0.717) is 23.1 Å². The van der Waals surface area contributed by atoms with Crippen molar-refractivity contribution in [1.29, 1.82) is 0 Å². The molecule has 1 heterocycles. The van der Waals surface area contributed by atoms with Gasteiger partial charge in [-0.1, -0.05) is 29.3 Å². The number of guanidine groups is 1. The zero-order valence-corrected chi connectivity index (χ0v) is 14.4. The molecule has 7 heteroatoms. The van der Waals surface area contributed by atoms with E-state index in [1.54, 1.807) is 19.3 Å². The van der Waals surface area contributed by atoms with E-state index in [-0.39, 0.29) is 0 Å². The molecule has 0 atom stereocenters. The first kappa shape index (κ1) is 16.6. The highest BCUT2D eigenvalue weighted by Crippen LogP contribution is 2.23. The number of aliphatic imine (C=N–C) groups is 1. The van der Waals surface area contributed by atoms with Gasteiger partial charge in [-0.3, -0.25) is 9.67 Å². The summed E-state index contributed by atoms with van der Waals surface area (Å²) < 4.78 is 1.83. The molecule has 0 aliphatic heterocycles. The van der Waals surface area contributed by atoms with Gasteiger partial charge in [0.25, 0.3) is 0 Å². The van der Waals surface area contributed by atoms with Crippen LogP contribution in [0.4, 0.5) is 0 Å². The lowest BCUT2D eigenvalue weighted by molar-refractivity contribution is 0.474. The molecule has 2 rings (SSSR count). The van der Waals surface area contributed by atoms with Crippen LogP contribution in [0.15, 0.2) is 35.5 Å². The predicted octanol–water partition coefficient (Wildman–Crippen LogP) is 2.93. The number of rotatable bonds is 4. The molecule has 0 aliphatic carbocycles. The molecule has 22 heavy (non-hydrogen) atoms. The Morgan fingerprint density at radius 3 is 2.68 bits per heavy atom. The summed E-state index contributed by atoms with van der Waals surface area (Å²) in [5.41, 5.74) is 2.16. The Kier molecular flexibility index (Phi) is 5.69. The molecule has 0 saturated carbocycles. The van der Waals surface area contributed by atoms with Gasteiger partial charge in [0.1, 0.15) is 0 Å². The average molecular weight is 340 g/mol. The van der Waals surface area contributed by atoms with Gasteiger partial charge in [-0.05, 0) is 23.8 Å². The lowest BCUT2D eigenvalue weighted by Crippen LogP contribution is -2.38. The molecule has 1 aromatic heterocycles. The van der Waals surface area contributed by atoms with E-state index in [1.165, 1.54) is 0 Å². The van der Waals surface area contributed by atoms with Gasteiger partial charge in [0, 0.05) is 33.9 Å². The van der Waals surface area contributed by atoms with Crippen LogP contribution < -0.4 is 5.32 Å². The van der Waals surface area contributed by atoms with Crippen molar-refractivity contribution in [3.63, 3.8) is 0 Å². The summed E-state index contributed by atoms with van der Waals surface area (Å²) in [6, 6.07) is 7.60. The number of aryl methyl sites for hydroxylation is 1. The number of hydrogen-bond acceptors (Lipinski definition) is 2. The average Bonchev–Trinajstić information content (AvgIpc) is 2.89. The molecule has 5 nitrogen and oxygen atoms in total. The quantitative estimate of drug-likeness (QED) is 0.688. The number of hydrogen-bond donors (Lipinski definition) is 1. The summed E-state index contributed by atoms with van der Waals surface area (Å²) >= 11 is 12.0. The summed E-state index contributed by atoms with van der Waals surface area (Å²) in [5, 5.41) is 8.58. The van der Waals surface area contributed by atoms with Crippen molar-refractivity contribution in [2.75, 3.05) is 14.1 Å². The maximum Gasteiger partial charge on any atom is 0.194 e. The van der Waals surface area contributed by atoms with Crippen LogP contribution in [0.25, 0.3) is 0 Å².